The Morgan fingerprint density at radius 3 is 2.67 bits per heavy atom. The highest BCUT2D eigenvalue weighted by molar-refractivity contribution is 8.02. The number of methoxy groups -OCH3 is 2. The van der Waals surface area contributed by atoms with Crippen molar-refractivity contribution < 1.29 is 14.6 Å². The van der Waals surface area contributed by atoms with Gasteiger partial charge >= 0.3 is 0 Å². The summed E-state index contributed by atoms with van der Waals surface area (Å²) in [7, 11) is 8.85. The van der Waals surface area contributed by atoms with Crippen molar-refractivity contribution in [3.63, 3.8) is 0 Å². The molecule has 0 bridgehead atoms. The molecule has 12 heavy (non-hydrogen) atoms. The molecule has 0 aliphatic carbocycles. The van der Waals surface area contributed by atoms with Gasteiger partial charge in [-0.2, -0.15) is 11.8 Å². The molecule has 4 atom stereocenters. The lowest BCUT2D eigenvalue weighted by atomic mass is 9.94. The van der Waals surface area contributed by atoms with Crippen LogP contribution in [0.5, 0.6) is 0 Å². The van der Waals surface area contributed by atoms with Crippen molar-refractivity contribution in [3.8, 4) is 0 Å². The minimum atomic E-state index is -0.583. The van der Waals surface area contributed by atoms with Gasteiger partial charge in [-0.25, -0.2) is 0 Å². The Morgan fingerprint density at radius 2 is 2.17 bits per heavy atom. The fourth-order valence-electron chi connectivity index (χ4n) is 1.36. The van der Waals surface area contributed by atoms with Gasteiger partial charge in [-0.1, -0.05) is 0 Å². The fourth-order valence-corrected chi connectivity index (χ4v) is 2.72. The van der Waals surface area contributed by atoms with Gasteiger partial charge in [-0.3, -0.25) is 0 Å². The minimum absolute atomic E-state index is 0.144. The van der Waals surface area contributed by atoms with Crippen LogP contribution in [0.4, 0.5) is 0 Å². The van der Waals surface area contributed by atoms with Crippen molar-refractivity contribution in [2.24, 2.45) is 0 Å². The van der Waals surface area contributed by atoms with Gasteiger partial charge in [-0.05, 0) is 5.15 Å². The number of aliphatic hydroxyl groups is 1. The van der Waals surface area contributed by atoms with Gasteiger partial charge in [0, 0.05) is 14.2 Å². The van der Waals surface area contributed by atoms with Gasteiger partial charge in [0.2, 0.25) is 0 Å². The van der Waals surface area contributed by atoms with Crippen LogP contribution in [0.1, 0.15) is 0 Å². The van der Waals surface area contributed by atoms with Crippen LogP contribution in [0.15, 0.2) is 0 Å². The van der Waals surface area contributed by atoms with Gasteiger partial charge in [-0.15, -0.1) is 0 Å². The van der Waals surface area contributed by atoms with Gasteiger partial charge in [0.1, 0.15) is 0 Å². The van der Waals surface area contributed by atoms with Crippen molar-refractivity contribution in [3.05, 3.63) is 0 Å². The summed E-state index contributed by atoms with van der Waals surface area (Å²) >= 11 is 1.51. The second kappa shape index (κ2) is 4.51. The zero-order valence-electron chi connectivity index (χ0n) is 7.27. The molecule has 1 rings (SSSR count). The smallest absolute Gasteiger partial charge is 0.0973 e. The molecular formula is C7H13BO3S. The lowest BCUT2D eigenvalue weighted by Gasteiger charge is -2.18. The first kappa shape index (κ1) is 10.4. The van der Waals surface area contributed by atoms with E-state index < -0.39 is 6.10 Å². The number of aliphatic hydroxyl groups excluding tert-OH is 1. The van der Waals surface area contributed by atoms with Gasteiger partial charge in [0.05, 0.1) is 31.9 Å². The van der Waals surface area contributed by atoms with E-state index in [0.717, 1.165) is 0 Å². The molecule has 1 fully saturated rings. The number of hydrogen-bond acceptors (Lipinski definition) is 4. The van der Waals surface area contributed by atoms with E-state index in [4.69, 9.17) is 17.3 Å². The van der Waals surface area contributed by atoms with Crippen molar-refractivity contribution in [1.82, 2.24) is 0 Å². The number of thioether (sulfide) groups is 1. The molecule has 1 aliphatic heterocycles. The summed E-state index contributed by atoms with van der Waals surface area (Å²) in [5.41, 5.74) is 0. The lowest BCUT2D eigenvalue weighted by Crippen LogP contribution is -2.36. The molecular weight excluding hydrogens is 175 g/mol. The van der Waals surface area contributed by atoms with Crippen LogP contribution < -0.4 is 0 Å². The monoisotopic (exact) mass is 188 g/mol. The Bertz CT molecular complexity index is 147. The largest absolute Gasteiger partial charge is 0.390 e. The Morgan fingerprint density at radius 1 is 1.50 bits per heavy atom. The third kappa shape index (κ3) is 1.96. The van der Waals surface area contributed by atoms with Crippen molar-refractivity contribution in [2.75, 3.05) is 20.8 Å². The van der Waals surface area contributed by atoms with E-state index in [9.17, 15) is 5.11 Å². The molecule has 1 heterocycles. The Labute approximate surface area is 78.2 Å². The molecule has 0 aromatic heterocycles. The second-order valence-corrected chi connectivity index (χ2v) is 4.21. The summed E-state index contributed by atoms with van der Waals surface area (Å²) in [4.78, 5) is 0. The highest BCUT2D eigenvalue weighted by Gasteiger charge is 2.40. The Hall–Kier alpha value is 0.295. The average molecular weight is 188 g/mol. The van der Waals surface area contributed by atoms with Crippen LogP contribution in [0.25, 0.3) is 0 Å². The lowest BCUT2D eigenvalue weighted by molar-refractivity contribution is -0.00716. The predicted molar refractivity (Wildman–Crippen MR) is 49.6 cm³/mol. The van der Waals surface area contributed by atoms with Crippen LogP contribution in [-0.2, 0) is 9.47 Å². The maximum Gasteiger partial charge on any atom is 0.0973 e. The summed E-state index contributed by atoms with van der Waals surface area (Å²) in [5.74, 6) is 0. The predicted octanol–water partition coefficient (Wildman–Crippen LogP) is -0.381. The number of rotatable bonds is 3. The zero-order valence-corrected chi connectivity index (χ0v) is 8.08. The SMILES string of the molecule is [B][C@@H]1S[C@H](COC)C(OC)[C@@H]1O. The molecule has 0 aromatic carbocycles. The average Bonchev–Trinajstić information content (AvgIpc) is 2.29. The second-order valence-electron chi connectivity index (χ2n) is 2.79. The van der Waals surface area contributed by atoms with Gasteiger partial charge in [0.15, 0.2) is 0 Å². The van der Waals surface area contributed by atoms with E-state index in [1.54, 1.807) is 14.2 Å². The van der Waals surface area contributed by atoms with Crippen LogP contribution in [0.3, 0.4) is 0 Å². The third-order valence-corrected chi connectivity index (χ3v) is 3.32. The first-order valence-corrected chi connectivity index (χ1v) is 4.75. The molecule has 0 amide bonds. The Kier molecular flexibility index (Phi) is 3.90. The van der Waals surface area contributed by atoms with E-state index in [-0.39, 0.29) is 16.5 Å². The topological polar surface area (TPSA) is 38.7 Å². The fraction of sp³-hybridized carbons (Fsp3) is 1.00. The van der Waals surface area contributed by atoms with Crippen LogP contribution in [0.2, 0.25) is 0 Å². The normalized spacial score (nSPS) is 41.9. The van der Waals surface area contributed by atoms with E-state index in [1.807, 2.05) is 0 Å². The van der Waals surface area contributed by atoms with E-state index >= 15 is 0 Å². The summed E-state index contributed by atoms with van der Waals surface area (Å²) < 4.78 is 10.1. The highest BCUT2D eigenvalue weighted by atomic mass is 32.2. The molecule has 1 saturated heterocycles. The molecule has 1 aliphatic rings. The summed E-state index contributed by atoms with van der Waals surface area (Å²) in [6.07, 6.45) is -0.787. The van der Waals surface area contributed by atoms with E-state index in [2.05, 4.69) is 0 Å². The molecule has 1 N–H and O–H groups in total. The number of hydrogen-bond donors (Lipinski definition) is 1. The van der Waals surface area contributed by atoms with Crippen molar-refractivity contribution >= 4 is 19.6 Å². The van der Waals surface area contributed by atoms with E-state index in [1.165, 1.54) is 11.8 Å². The molecule has 1 unspecified atom stereocenters. The molecule has 0 saturated carbocycles. The quantitative estimate of drug-likeness (QED) is 0.612. The molecule has 5 heteroatoms. The van der Waals surface area contributed by atoms with Crippen molar-refractivity contribution in [1.29, 1.82) is 0 Å². The first-order chi connectivity index (χ1) is 5.70. The van der Waals surface area contributed by atoms with Gasteiger partial charge in [0.25, 0.3) is 0 Å². The molecule has 0 aromatic rings. The van der Waals surface area contributed by atoms with Crippen LogP contribution in [0, 0.1) is 0 Å². The van der Waals surface area contributed by atoms with Crippen LogP contribution in [-0.4, -0.2) is 56.4 Å². The summed E-state index contributed by atoms with van der Waals surface area (Å²) in [5, 5.41) is 9.42. The Balaban J connectivity index is 2.52. The third-order valence-electron chi connectivity index (χ3n) is 1.97. The van der Waals surface area contributed by atoms with Gasteiger partial charge < -0.3 is 14.6 Å². The highest BCUT2D eigenvalue weighted by Crippen LogP contribution is 2.34. The number of ether oxygens (including phenoxy) is 2. The zero-order chi connectivity index (χ0) is 9.14. The van der Waals surface area contributed by atoms with Crippen molar-refractivity contribution in [2.45, 2.75) is 22.6 Å². The molecule has 0 spiro atoms. The molecule has 2 radical (unpaired) electrons. The molecule has 3 nitrogen and oxygen atoms in total. The van der Waals surface area contributed by atoms with Crippen LogP contribution >= 0.6 is 11.8 Å². The maximum absolute atomic E-state index is 9.53. The minimum Gasteiger partial charge on any atom is -0.390 e. The van der Waals surface area contributed by atoms with E-state index in [0.29, 0.717) is 6.61 Å². The summed E-state index contributed by atoms with van der Waals surface area (Å²) in [6, 6.07) is 0. The maximum atomic E-state index is 9.53. The first-order valence-electron chi connectivity index (χ1n) is 3.81. The standard InChI is InChI=1S/C7H13BO3S/c1-10-3-4-6(11-2)5(9)7(8)12-4/h4-7,9H,3H2,1-2H3/t4-,5+,6?,7-/m1/s1. The summed E-state index contributed by atoms with van der Waals surface area (Å²) in [6.45, 7) is 0.563. The molecule has 68 valence electrons.